The summed E-state index contributed by atoms with van der Waals surface area (Å²) in [5.41, 5.74) is 1.74. The van der Waals surface area contributed by atoms with E-state index in [1.54, 1.807) is 26.0 Å². The smallest absolute Gasteiger partial charge is 0.262 e. The van der Waals surface area contributed by atoms with Crippen molar-refractivity contribution in [1.29, 1.82) is 0 Å². The van der Waals surface area contributed by atoms with Crippen molar-refractivity contribution in [2.24, 2.45) is 0 Å². The van der Waals surface area contributed by atoms with Crippen LogP contribution in [0.5, 0.6) is 0 Å². The van der Waals surface area contributed by atoms with Crippen molar-refractivity contribution in [2.75, 3.05) is 4.72 Å². The highest BCUT2D eigenvalue weighted by atomic mass is 79.9. The zero-order valence-corrected chi connectivity index (χ0v) is 13.3. The maximum Gasteiger partial charge on any atom is 0.262 e. The second-order valence-corrected chi connectivity index (χ2v) is 7.04. The second-order valence-electron chi connectivity index (χ2n) is 4.47. The van der Waals surface area contributed by atoms with Gasteiger partial charge in [-0.1, -0.05) is 28.1 Å². The van der Waals surface area contributed by atoms with Crippen molar-refractivity contribution in [3.8, 4) is 0 Å². The highest BCUT2D eigenvalue weighted by molar-refractivity contribution is 9.10. The van der Waals surface area contributed by atoms with E-state index in [4.69, 9.17) is 0 Å². The highest BCUT2D eigenvalue weighted by Crippen LogP contribution is 2.25. The molecule has 0 bridgehead atoms. The third-order valence-electron chi connectivity index (χ3n) is 2.88. The third kappa shape index (κ3) is 3.19. The van der Waals surface area contributed by atoms with E-state index in [0.717, 1.165) is 16.1 Å². The quantitative estimate of drug-likeness (QED) is 0.901. The number of nitrogens with one attached hydrogen (secondary N) is 1. The summed E-state index contributed by atoms with van der Waals surface area (Å²) in [6, 6.07) is 8.98. The van der Waals surface area contributed by atoms with Crippen LogP contribution in [0.15, 0.2) is 45.8 Å². The van der Waals surface area contributed by atoms with Crippen LogP contribution in [0.1, 0.15) is 11.1 Å². The Morgan fingerprint density at radius 1 is 1.05 bits per heavy atom. The Labute approximate surface area is 126 Å². The molecule has 0 heterocycles. The molecule has 2 aromatic rings. The molecule has 0 saturated carbocycles. The van der Waals surface area contributed by atoms with Crippen LogP contribution in [0, 0.1) is 19.7 Å². The van der Waals surface area contributed by atoms with E-state index < -0.39 is 15.8 Å². The van der Waals surface area contributed by atoms with Gasteiger partial charge in [-0.25, -0.2) is 12.8 Å². The van der Waals surface area contributed by atoms with E-state index in [-0.39, 0.29) is 4.90 Å². The van der Waals surface area contributed by atoms with Gasteiger partial charge in [-0.05, 0) is 49.2 Å². The summed E-state index contributed by atoms with van der Waals surface area (Å²) in [5, 5.41) is 0. The van der Waals surface area contributed by atoms with Gasteiger partial charge in [0.25, 0.3) is 10.0 Å². The average Bonchev–Trinajstić information content (AvgIpc) is 2.36. The van der Waals surface area contributed by atoms with Gasteiger partial charge in [-0.3, -0.25) is 4.72 Å². The lowest BCUT2D eigenvalue weighted by molar-refractivity contribution is 0.594. The number of sulfonamides is 1. The van der Waals surface area contributed by atoms with Gasteiger partial charge in [0, 0.05) is 4.47 Å². The predicted octanol–water partition coefficient (Wildman–Crippen LogP) is 4.01. The molecule has 0 aliphatic heterocycles. The second kappa shape index (κ2) is 5.54. The minimum Gasteiger partial charge on any atom is -0.279 e. The number of aryl methyl sites for hydroxylation is 2. The fourth-order valence-electron chi connectivity index (χ4n) is 1.77. The van der Waals surface area contributed by atoms with Gasteiger partial charge in [0.1, 0.15) is 5.82 Å². The molecule has 106 valence electrons. The highest BCUT2D eigenvalue weighted by Gasteiger charge is 2.18. The van der Waals surface area contributed by atoms with Gasteiger partial charge in [-0.15, -0.1) is 0 Å². The summed E-state index contributed by atoms with van der Waals surface area (Å²) in [6.07, 6.45) is 0. The van der Waals surface area contributed by atoms with Crippen LogP contribution in [0.4, 0.5) is 10.1 Å². The topological polar surface area (TPSA) is 46.2 Å². The predicted molar refractivity (Wildman–Crippen MR) is 80.8 cm³/mol. The number of hydrogen-bond acceptors (Lipinski definition) is 2. The first-order chi connectivity index (χ1) is 9.29. The minimum atomic E-state index is -3.82. The van der Waals surface area contributed by atoms with Crippen LogP contribution in [-0.4, -0.2) is 8.42 Å². The fraction of sp³-hybridized carbons (Fsp3) is 0.143. The molecule has 0 aromatic heterocycles. The zero-order chi connectivity index (χ0) is 14.9. The lowest BCUT2D eigenvalue weighted by atomic mass is 10.2. The Kier molecular flexibility index (Phi) is 4.15. The van der Waals surface area contributed by atoms with Crippen LogP contribution < -0.4 is 4.72 Å². The number of anilines is 1. The standard InChI is InChI=1S/C14H13BrFNO2S/c1-9-3-5-11(15)7-13(9)17-20(18,19)14-8-12(16)6-4-10(14)2/h3-8,17H,1-2H3. The summed E-state index contributed by atoms with van der Waals surface area (Å²) in [6.45, 7) is 3.42. The molecule has 2 rings (SSSR count). The van der Waals surface area contributed by atoms with Crippen molar-refractivity contribution in [3.63, 3.8) is 0 Å². The van der Waals surface area contributed by atoms with E-state index in [9.17, 15) is 12.8 Å². The first kappa shape index (κ1) is 15.0. The van der Waals surface area contributed by atoms with Gasteiger partial charge in [0.15, 0.2) is 0 Å². The summed E-state index contributed by atoms with van der Waals surface area (Å²) < 4.78 is 41.2. The Balaban J connectivity index is 2.46. The van der Waals surface area contributed by atoms with E-state index in [0.29, 0.717) is 11.3 Å². The molecule has 0 unspecified atom stereocenters. The molecule has 1 N–H and O–H groups in total. The molecule has 0 aliphatic rings. The summed E-state index contributed by atoms with van der Waals surface area (Å²) in [7, 11) is -3.82. The van der Waals surface area contributed by atoms with E-state index in [1.165, 1.54) is 12.1 Å². The zero-order valence-electron chi connectivity index (χ0n) is 10.9. The first-order valence-corrected chi connectivity index (χ1v) is 8.12. The molecule has 0 aliphatic carbocycles. The van der Waals surface area contributed by atoms with Crippen molar-refractivity contribution in [3.05, 3.63) is 57.8 Å². The normalized spacial score (nSPS) is 11.4. The average molecular weight is 358 g/mol. The SMILES string of the molecule is Cc1ccc(Br)cc1NS(=O)(=O)c1cc(F)ccc1C. The van der Waals surface area contributed by atoms with Crippen LogP contribution in [0.3, 0.4) is 0 Å². The van der Waals surface area contributed by atoms with Crippen molar-refractivity contribution >= 4 is 31.6 Å². The van der Waals surface area contributed by atoms with Gasteiger partial charge in [0.05, 0.1) is 10.6 Å². The lowest BCUT2D eigenvalue weighted by Gasteiger charge is -2.12. The summed E-state index contributed by atoms with van der Waals surface area (Å²) in [4.78, 5) is -0.0584. The van der Waals surface area contributed by atoms with Crippen LogP contribution in [0.2, 0.25) is 0 Å². The van der Waals surface area contributed by atoms with Gasteiger partial charge < -0.3 is 0 Å². The number of halogens is 2. The molecule has 0 fully saturated rings. The largest absolute Gasteiger partial charge is 0.279 e. The third-order valence-corrected chi connectivity index (χ3v) is 4.88. The van der Waals surface area contributed by atoms with Crippen LogP contribution >= 0.6 is 15.9 Å². The number of benzene rings is 2. The molecule has 20 heavy (non-hydrogen) atoms. The summed E-state index contributed by atoms with van der Waals surface area (Å²) >= 11 is 3.29. The monoisotopic (exact) mass is 357 g/mol. The Hall–Kier alpha value is -1.40. The Morgan fingerprint density at radius 3 is 2.40 bits per heavy atom. The molecule has 0 atom stereocenters. The molecule has 0 spiro atoms. The number of rotatable bonds is 3. The lowest BCUT2D eigenvalue weighted by Crippen LogP contribution is -2.15. The molecule has 3 nitrogen and oxygen atoms in total. The van der Waals surface area contributed by atoms with E-state index >= 15 is 0 Å². The molecular weight excluding hydrogens is 345 g/mol. The number of hydrogen-bond donors (Lipinski definition) is 1. The van der Waals surface area contributed by atoms with Crippen molar-refractivity contribution < 1.29 is 12.8 Å². The first-order valence-electron chi connectivity index (χ1n) is 5.85. The maximum atomic E-state index is 13.3. The Morgan fingerprint density at radius 2 is 1.70 bits per heavy atom. The Bertz CT molecular complexity index is 760. The van der Waals surface area contributed by atoms with Crippen molar-refractivity contribution in [2.45, 2.75) is 18.7 Å². The molecular formula is C14H13BrFNO2S. The fourth-order valence-corrected chi connectivity index (χ4v) is 3.51. The van der Waals surface area contributed by atoms with Crippen LogP contribution in [-0.2, 0) is 10.0 Å². The van der Waals surface area contributed by atoms with E-state index in [2.05, 4.69) is 20.7 Å². The molecule has 0 saturated heterocycles. The molecule has 2 aromatic carbocycles. The van der Waals surface area contributed by atoms with Gasteiger partial charge in [0.2, 0.25) is 0 Å². The maximum absolute atomic E-state index is 13.3. The summed E-state index contributed by atoms with van der Waals surface area (Å²) in [5.74, 6) is -0.582. The molecule has 0 radical (unpaired) electrons. The molecule has 0 amide bonds. The van der Waals surface area contributed by atoms with Gasteiger partial charge >= 0.3 is 0 Å². The van der Waals surface area contributed by atoms with E-state index in [1.807, 2.05) is 6.07 Å². The van der Waals surface area contributed by atoms with Gasteiger partial charge in [-0.2, -0.15) is 0 Å². The minimum absolute atomic E-state index is 0.0584. The van der Waals surface area contributed by atoms with Crippen LogP contribution in [0.25, 0.3) is 0 Å². The van der Waals surface area contributed by atoms with Crippen molar-refractivity contribution in [1.82, 2.24) is 0 Å². The molecule has 6 heteroatoms.